The van der Waals surface area contributed by atoms with Crippen LogP contribution in [0.4, 0.5) is 0 Å². The van der Waals surface area contributed by atoms with E-state index in [2.05, 4.69) is 179 Å². The third kappa shape index (κ3) is 4.46. The Balaban J connectivity index is 2.00. The van der Waals surface area contributed by atoms with Gasteiger partial charge in [-0.1, -0.05) is 179 Å². The first-order valence-electron chi connectivity index (χ1n) is 14.0. The van der Waals surface area contributed by atoms with Crippen molar-refractivity contribution in [3.05, 3.63) is 162 Å². The predicted octanol–water partition coefficient (Wildman–Crippen LogP) is 7.58. The minimum Gasteiger partial charge on any atom is -0.0699 e. The van der Waals surface area contributed by atoms with Crippen LogP contribution >= 0.6 is 0 Å². The van der Waals surface area contributed by atoms with Crippen molar-refractivity contribution in [3.8, 4) is 0 Å². The molecule has 0 unspecified atom stereocenters. The fourth-order valence-electron chi connectivity index (χ4n) is 6.96. The van der Waals surface area contributed by atoms with E-state index in [1.807, 2.05) is 0 Å². The normalized spacial score (nSPS) is 12.5. The highest BCUT2D eigenvalue weighted by molar-refractivity contribution is 7.13. The molecule has 39 heavy (non-hydrogen) atoms. The molecule has 0 spiro atoms. The largest absolute Gasteiger partial charge is 0.153 e. The highest BCUT2D eigenvalue weighted by atomic mass is 28.3. The van der Waals surface area contributed by atoms with Gasteiger partial charge in [0.2, 0.25) is 0 Å². The summed E-state index contributed by atoms with van der Waals surface area (Å²) in [5, 5.41) is 4.25. The van der Waals surface area contributed by atoms with E-state index in [0.29, 0.717) is 0 Å². The minimum atomic E-state index is -2.58. The Bertz CT molecular complexity index is 1410. The first-order chi connectivity index (χ1) is 18.8. The van der Waals surface area contributed by atoms with E-state index in [9.17, 15) is 0 Å². The van der Waals surface area contributed by atoms with Gasteiger partial charge in [0.25, 0.3) is 0 Å². The third-order valence-corrected chi connectivity index (χ3v) is 16.7. The van der Waals surface area contributed by atoms with Crippen molar-refractivity contribution in [2.24, 2.45) is 0 Å². The summed E-state index contributed by atoms with van der Waals surface area (Å²) in [5.41, 5.74) is 4.25. The molecule has 0 bridgehead atoms. The van der Waals surface area contributed by atoms with Crippen LogP contribution in [-0.2, 0) is 5.04 Å². The molecule has 0 saturated carbocycles. The second-order valence-corrected chi connectivity index (χ2v) is 19.2. The van der Waals surface area contributed by atoms with Crippen molar-refractivity contribution in [1.29, 1.82) is 0 Å². The maximum absolute atomic E-state index is 2.58. The molecule has 0 fully saturated rings. The lowest BCUT2D eigenvalue weighted by molar-refractivity contribution is 0.737. The zero-order valence-electron chi connectivity index (χ0n) is 23.9. The van der Waals surface area contributed by atoms with Crippen LogP contribution in [0.25, 0.3) is 0 Å². The monoisotopic (exact) mass is 539 g/mol. The first kappa shape index (κ1) is 27.1. The SMILES string of the molecule is C[Si](C)C(c1ccccc1)(c1ccccc1)c1ccccc1[Si](c1ccccc1)(c1ccccc1)C(C)(C)C. The van der Waals surface area contributed by atoms with E-state index < -0.39 is 16.9 Å². The Kier molecular flexibility index (Phi) is 7.62. The zero-order valence-corrected chi connectivity index (χ0v) is 25.9. The predicted molar refractivity (Wildman–Crippen MR) is 174 cm³/mol. The number of hydrogen-bond donors (Lipinski definition) is 0. The molecule has 0 saturated heterocycles. The van der Waals surface area contributed by atoms with Gasteiger partial charge < -0.3 is 0 Å². The van der Waals surface area contributed by atoms with Crippen LogP contribution < -0.4 is 15.6 Å². The fourth-order valence-corrected chi connectivity index (χ4v) is 15.2. The molecule has 0 amide bonds. The van der Waals surface area contributed by atoms with Crippen LogP contribution in [0.3, 0.4) is 0 Å². The van der Waals surface area contributed by atoms with E-state index in [1.54, 1.807) is 0 Å². The molecule has 0 aliphatic rings. The first-order valence-corrected chi connectivity index (χ1v) is 18.5. The van der Waals surface area contributed by atoms with Crippen LogP contribution in [0, 0.1) is 0 Å². The van der Waals surface area contributed by atoms with Gasteiger partial charge in [-0.3, -0.25) is 0 Å². The highest BCUT2D eigenvalue weighted by Crippen LogP contribution is 2.44. The van der Waals surface area contributed by atoms with Crippen LogP contribution in [0.2, 0.25) is 18.1 Å². The summed E-state index contributed by atoms with van der Waals surface area (Å²) in [6.45, 7) is 12.4. The van der Waals surface area contributed by atoms with Crippen molar-refractivity contribution < 1.29 is 0 Å². The molecule has 0 N–H and O–H groups in total. The van der Waals surface area contributed by atoms with Gasteiger partial charge in [0.05, 0.1) is 8.80 Å². The van der Waals surface area contributed by atoms with Gasteiger partial charge in [0.1, 0.15) is 0 Å². The van der Waals surface area contributed by atoms with Gasteiger partial charge in [-0.25, -0.2) is 0 Å². The van der Waals surface area contributed by atoms with Gasteiger partial charge in [0.15, 0.2) is 8.07 Å². The third-order valence-electron chi connectivity index (χ3n) is 8.44. The average Bonchev–Trinajstić information content (AvgIpc) is 2.96. The number of hydrogen-bond acceptors (Lipinski definition) is 0. The van der Waals surface area contributed by atoms with Crippen LogP contribution in [0.15, 0.2) is 146 Å². The topological polar surface area (TPSA) is 0 Å². The summed E-state index contributed by atoms with van der Waals surface area (Å²) in [5.74, 6) is 0. The van der Waals surface area contributed by atoms with E-state index >= 15 is 0 Å². The highest BCUT2D eigenvalue weighted by Gasteiger charge is 2.53. The van der Waals surface area contributed by atoms with E-state index in [-0.39, 0.29) is 10.1 Å². The smallest absolute Gasteiger partial charge is 0.0699 e. The summed E-state index contributed by atoms with van der Waals surface area (Å²) in [7, 11) is -3.53. The second-order valence-electron chi connectivity index (χ2n) is 11.8. The molecule has 0 aliphatic heterocycles. The van der Waals surface area contributed by atoms with Crippen molar-refractivity contribution in [3.63, 3.8) is 0 Å². The molecule has 5 aromatic rings. The Morgan fingerprint density at radius 1 is 0.462 bits per heavy atom. The quantitative estimate of drug-likeness (QED) is 0.148. The Labute approximate surface area is 238 Å². The van der Waals surface area contributed by atoms with Crippen LogP contribution in [-0.4, -0.2) is 16.9 Å². The summed E-state index contributed by atoms with van der Waals surface area (Å²) < 4.78 is 0. The molecule has 5 rings (SSSR count). The van der Waals surface area contributed by atoms with Crippen molar-refractivity contribution in [2.45, 2.75) is 43.9 Å². The van der Waals surface area contributed by atoms with Crippen LogP contribution in [0.5, 0.6) is 0 Å². The van der Waals surface area contributed by atoms with Crippen molar-refractivity contribution in [2.75, 3.05) is 0 Å². The lowest BCUT2D eigenvalue weighted by Crippen LogP contribution is -2.73. The summed E-state index contributed by atoms with van der Waals surface area (Å²) in [6, 6.07) is 54.8. The van der Waals surface area contributed by atoms with E-state index in [0.717, 1.165) is 0 Å². The molecule has 5 aromatic carbocycles. The maximum Gasteiger partial charge on any atom is 0.153 e. The summed E-state index contributed by atoms with van der Waals surface area (Å²) in [4.78, 5) is 0. The lowest BCUT2D eigenvalue weighted by atomic mass is 9.83. The molecule has 0 aliphatic carbocycles. The molecule has 2 heteroatoms. The van der Waals surface area contributed by atoms with Crippen molar-refractivity contribution >= 4 is 32.4 Å². The molecule has 1 radical (unpaired) electrons. The molecule has 0 atom stereocenters. The fraction of sp³-hybridized carbons (Fsp3) is 0.189. The van der Waals surface area contributed by atoms with Gasteiger partial charge in [0, 0.05) is 5.04 Å². The molecule has 0 heterocycles. The molecule has 0 nitrogen and oxygen atoms in total. The minimum absolute atomic E-state index is 0.0132. The van der Waals surface area contributed by atoms with E-state index in [1.165, 1.54) is 32.3 Å². The Morgan fingerprint density at radius 2 is 0.821 bits per heavy atom. The van der Waals surface area contributed by atoms with Gasteiger partial charge >= 0.3 is 0 Å². The molecule has 0 aromatic heterocycles. The molecular weight excluding hydrogens is 501 g/mol. The lowest BCUT2D eigenvalue weighted by Gasteiger charge is -2.49. The summed E-state index contributed by atoms with van der Waals surface area (Å²) >= 11 is 0. The number of benzene rings is 5. The summed E-state index contributed by atoms with van der Waals surface area (Å²) in [6.07, 6.45) is 0. The standard InChI is InChI=1S/C37H39Si2/c1-36(2,3)39(32-24-14-8-15-25-32,33-26-16-9-17-27-33)35-29-19-18-28-34(35)37(38(4)5,30-20-10-6-11-21-30)31-22-12-7-13-23-31/h6-29H,1-5H3. The van der Waals surface area contributed by atoms with Crippen molar-refractivity contribution in [1.82, 2.24) is 0 Å². The second kappa shape index (κ2) is 11.0. The maximum atomic E-state index is 2.49. The Hall–Kier alpha value is -3.47. The van der Waals surface area contributed by atoms with Gasteiger partial charge in [-0.2, -0.15) is 0 Å². The zero-order chi connectivity index (χ0) is 27.5. The van der Waals surface area contributed by atoms with Gasteiger partial charge in [-0.15, -0.1) is 0 Å². The Morgan fingerprint density at radius 3 is 1.21 bits per heavy atom. The van der Waals surface area contributed by atoms with E-state index in [4.69, 9.17) is 0 Å². The molecule has 195 valence electrons. The van der Waals surface area contributed by atoms with Crippen LogP contribution in [0.1, 0.15) is 37.5 Å². The average molecular weight is 540 g/mol. The molecular formula is C37H39Si2. The van der Waals surface area contributed by atoms with Gasteiger partial charge in [-0.05, 0) is 37.3 Å². The number of rotatable bonds is 7.